The summed E-state index contributed by atoms with van der Waals surface area (Å²) in [6.07, 6.45) is 2.64. The van der Waals surface area contributed by atoms with Gasteiger partial charge in [0.2, 0.25) is 0 Å². The van der Waals surface area contributed by atoms with Gasteiger partial charge in [0, 0.05) is 5.54 Å². The Kier molecular flexibility index (Phi) is 3.05. The zero-order chi connectivity index (χ0) is 9.03. The van der Waals surface area contributed by atoms with Gasteiger partial charge >= 0.3 is 5.97 Å². The molecule has 1 atom stereocenters. The zero-order valence-corrected chi connectivity index (χ0v) is 7.18. The number of carbonyl (C=O) groups is 1. The van der Waals surface area contributed by atoms with Crippen LogP contribution in [0.1, 0.15) is 25.7 Å². The van der Waals surface area contributed by atoms with Gasteiger partial charge in [-0.1, -0.05) is 0 Å². The molecule has 0 saturated carbocycles. The van der Waals surface area contributed by atoms with E-state index in [9.17, 15) is 4.79 Å². The van der Waals surface area contributed by atoms with E-state index < -0.39 is 11.5 Å². The number of carboxylic acids is 1. The fourth-order valence-corrected chi connectivity index (χ4v) is 1.63. The van der Waals surface area contributed by atoms with E-state index in [2.05, 4.69) is 5.32 Å². The summed E-state index contributed by atoms with van der Waals surface area (Å²) in [5.74, 6) is -0.792. The second-order valence-electron chi connectivity index (χ2n) is 3.54. The van der Waals surface area contributed by atoms with Crippen LogP contribution >= 0.6 is 0 Å². The predicted octanol–water partition coefficient (Wildman–Crippen LogP) is -0.0679. The van der Waals surface area contributed by atoms with Crippen LogP contribution in [0, 0.1) is 0 Å². The van der Waals surface area contributed by atoms with Crippen LogP contribution in [0.15, 0.2) is 0 Å². The fraction of sp³-hybridized carbons (Fsp3) is 0.875. The Hall–Kier alpha value is -0.610. The molecule has 0 spiro atoms. The molecule has 1 saturated heterocycles. The van der Waals surface area contributed by atoms with Crippen LogP contribution in [0.25, 0.3) is 0 Å². The van der Waals surface area contributed by atoms with Crippen LogP contribution in [0.3, 0.4) is 0 Å². The van der Waals surface area contributed by atoms with E-state index in [0.717, 1.165) is 32.4 Å². The molecule has 1 aliphatic rings. The Bertz CT molecular complexity index is 162. The lowest BCUT2D eigenvalue weighted by atomic mass is 9.88. The molecule has 12 heavy (non-hydrogen) atoms. The summed E-state index contributed by atoms with van der Waals surface area (Å²) in [5.41, 5.74) is 5.46. The van der Waals surface area contributed by atoms with Crippen molar-refractivity contribution < 1.29 is 9.90 Å². The molecule has 70 valence electrons. The first kappa shape index (κ1) is 9.48. The van der Waals surface area contributed by atoms with E-state index >= 15 is 0 Å². The molecule has 4 heteroatoms. The van der Waals surface area contributed by atoms with Crippen molar-refractivity contribution in [1.82, 2.24) is 5.32 Å². The van der Waals surface area contributed by atoms with Crippen LogP contribution in [-0.2, 0) is 4.79 Å². The maximum Gasteiger partial charge on any atom is 0.305 e. The third-order valence-electron chi connectivity index (χ3n) is 2.33. The molecule has 4 N–H and O–H groups in total. The molecular weight excluding hydrogens is 156 g/mol. The summed E-state index contributed by atoms with van der Waals surface area (Å²) in [4.78, 5) is 10.5. The number of rotatable bonds is 2. The van der Waals surface area contributed by atoms with E-state index in [1.807, 2.05) is 0 Å². The van der Waals surface area contributed by atoms with Gasteiger partial charge in [-0.2, -0.15) is 0 Å². The zero-order valence-electron chi connectivity index (χ0n) is 7.18. The highest BCUT2D eigenvalue weighted by molar-refractivity contribution is 5.68. The van der Waals surface area contributed by atoms with Crippen molar-refractivity contribution in [2.75, 3.05) is 13.1 Å². The topological polar surface area (TPSA) is 75.4 Å². The smallest absolute Gasteiger partial charge is 0.305 e. The number of hydrogen-bond donors (Lipinski definition) is 3. The minimum Gasteiger partial charge on any atom is -0.481 e. The average Bonchev–Trinajstić information content (AvgIpc) is 2.12. The summed E-state index contributed by atoms with van der Waals surface area (Å²) >= 11 is 0. The van der Waals surface area contributed by atoms with Crippen LogP contribution < -0.4 is 11.1 Å². The molecule has 0 aliphatic carbocycles. The van der Waals surface area contributed by atoms with E-state index in [-0.39, 0.29) is 6.42 Å². The second kappa shape index (κ2) is 3.87. The van der Waals surface area contributed by atoms with Gasteiger partial charge in [-0.15, -0.1) is 0 Å². The molecule has 0 aromatic carbocycles. The Morgan fingerprint density at radius 2 is 2.25 bits per heavy atom. The SMILES string of the molecule is NC1(CC(=O)O)CCCNCC1. The van der Waals surface area contributed by atoms with Crippen LogP contribution in [0.4, 0.5) is 0 Å². The van der Waals surface area contributed by atoms with Gasteiger partial charge in [0.05, 0.1) is 6.42 Å². The summed E-state index contributed by atoms with van der Waals surface area (Å²) in [7, 11) is 0. The highest BCUT2D eigenvalue weighted by Gasteiger charge is 2.28. The maximum absolute atomic E-state index is 10.5. The van der Waals surface area contributed by atoms with Gasteiger partial charge < -0.3 is 16.2 Å². The first-order valence-electron chi connectivity index (χ1n) is 4.34. The third-order valence-corrected chi connectivity index (χ3v) is 2.33. The molecular formula is C8H16N2O2. The molecule has 0 amide bonds. The van der Waals surface area contributed by atoms with Crippen molar-refractivity contribution in [2.45, 2.75) is 31.2 Å². The number of nitrogens with one attached hydrogen (secondary N) is 1. The minimum absolute atomic E-state index is 0.0919. The van der Waals surface area contributed by atoms with Crippen molar-refractivity contribution in [2.24, 2.45) is 5.73 Å². The van der Waals surface area contributed by atoms with Crippen molar-refractivity contribution in [3.05, 3.63) is 0 Å². The summed E-state index contributed by atoms with van der Waals surface area (Å²) in [6.45, 7) is 1.79. The van der Waals surface area contributed by atoms with Gasteiger partial charge in [-0.05, 0) is 32.4 Å². The normalized spacial score (nSPS) is 31.1. The Labute approximate surface area is 72.1 Å². The average molecular weight is 172 g/mol. The van der Waals surface area contributed by atoms with Crippen molar-refractivity contribution in [3.8, 4) is 0 Å². The summed E-state index contributed by atoms with van der Waals surface area (Å²) < 4.78 is 0. The lowest BCUT2D eigenvalue weighted by Crippen LogP contribution is -2.42. The Morgan fingerprint density at radius 1 is 1.50 bits per heavy atom. The molecule has 4 nitrogen and oxygen atoms in total. The van der Waals surface area contributed by atoms with Gasteiger partial charge in [0.1, 0.15) is 0 Å². The number of aliphatic carboxylic acids is 1. The monoisotopic (exact) mass is 172 g/mol. The second-order valence-corrected chi connectivity index (χ2v) is 3.54. The molecule has 0 bridgehead atoms. The maximum atomic E-state index is 10.5. The van der Waals surface area contributed by atoms with Gasteiger partial charge in [0.15, 0.2) is 0 Å². The fourth-order valence-electron chi connectivity index (χ4n) is 1.63. The Morgan fingerprint density at radius 3 is 2.92 bits per heavy atom. The minimum atomic E-state index is -0.792. The van der Waals surface area contributed by atoms with Crippen molar-refractivity contribution in [3.63, 3.8) is 0 Å². The number of carboxylic acid groups (broad SMARTS) is 1. The first-order valence-corrected chi connectivity index (χ1v) is 4.34. The highest BCUT2D eigenvalue weighted by atomic mass is 16.4. The summed E-state index contributed by atoms with van der Waals surface area (Å²) in [6, 6.07) is 0. The standard InChI is InChI=1S/C8H16N2O2/c9-8(6-7(11)12)2-1-4-10-5-3-8/h10H,1-6,9H2,(H,11,12). The highest BCUT2D eigenvalue weighted by Crippen LogP contribution is 2.20. The third kappa shape index (κ3) is 2.79. The van der Waals surface area contributed by atoms with E-state index in [4.69, 9.17) is 10.8 Å². The molecule has 0 radical (unpaired) electrons. The molecule has 1 fully saturated rings. The predicted molar refractivity (Wildman–Crippen MR) is 45.9 cm³/mol. The summed E-state index contributed by atoms with van der Waals surface area (Å²) in [5, 5.41) is 11.8. The number of nitrogens with two attached hydrogens (primary N) is 1. The van der Waals surface area contributed by atoms with Crippen LogP contribution in [0.2, 0.25) is 0 Å². The molecule has 0 aromatic rings. The van der Waals surface area contributed by atoms with E-state index in [1.54, 1.807) is 0 Å². The van der Waals surface area contributed by atoms with Crippen LogP contribution in [-0.4, -0.2) is 29.7 Å². The van der Waals surface area contributed by atoms with Gasteiger partial charge in [0.25, 0.3) is 0 Å². The first-order chi connectivity index (χ1) is 5.62. The quantitative estimate of drug-likeness (QED) is 0.545. The largest absolute Gasteiger partial charge is 0.481 e. The van der Waals surface area contributed by atoms with Gasteiger partial charge in [-0.25, -0.2) is 0 Å². The van der Waals surface area contributed by atoms with Crippen molar-refractivity contribution in [1.29, 1.82) is 0 Å². The molecule has 1 rings (SSSR count). The van der Waals surface area contributed by atoms with E-state index in [0.29, 0.717) is 0 Å². The lowest BCUT2D eigenvalue weighted by molar-refractivity contribution is -0.138. The van der Waals surface area contributed by atoms with Gasteiger partial charge in [-0.3, -0.25) is 4.79 Å². The molecule has 1 aliphatic heterocycles. The lowest BCUT2D eigenvalue weighted by Gasteiger charge is -2.25. The van der Waals surface area contributed by atoms with Crippen LogP contribution in [0.5, 0.6) is 0 Å². The molecule has 1 heterocycles. The molecule has 0 aromatic heterocycles. The van der Waals surface area contributed by atoms with E-state index in [1.165, 1.54) is 0 Å². The number of hydrogen-bond acceptors (Lipinski definition) is 3. The molecule has 1 unspecified atom stereocenters. The van der Waals surface area contributed by atoms with Crippen molar-refractivity contribution >= 4 is 5.97 Å². The Balaban J connectivity index is 2.48.